The molecule has 0 saturated carbocycles. The molecule has 0 heterocycles. The first-order valence-corrected chi connectivity index (χ1v) is 8.94. The number of rotatable bonds is 7. The molecule has 27 heavy (non-hydrogen) atoms. The summed E-state index contributed by atoms with van der Waals surface area (Å²) in [5, 5.41) is 2.79. The third-order valence-electron chi connectivity index (χ3n) is 4.24. The van der Waals surface area contributed by atoms with Crippen LogP contribution < -0.4 is 5.32 Å². The zero-order valence-corrected chi connectivity index (χ0v) is 16.2. The van der Waals surface area contributed by atoms with Crippen molar-refractivity contribution in [3.63, 3.8) is 0 Å². The number of ether oxygens (including phenoxy) is 1. The van der Waals surface area contributed by atoms with E-state index in [1.54, 1.807) is 36.4 Å². The molecular formula is C22H25NO4. The summed E-state index contributed by atoms with van der Waals surface area (Å²) >= 11 is 0. The van der Waals surface area contributed by atoms with E-state index in [0.717, 1.165) is 11.1 Å². The van der Waals surface area contributed by atoms with Crippen molar-refractivity contribution in [2.24, 2.45) is 5.92 Å². The monoisotopic (exact) mass is 367 g/mol. The number of hydrogen-bond donors (Lipinski definition) is 1. The maximum atomic E-state index is 12.2. The summed E-state index contributed by atoms with van der Waals surface area (Å²) in [6, 6.07) is 11.9. The van der Waals surface area contributed by atoms with Gasteiger partial charge >= 0.3 is 5.97 Å². The maximum absolute atomic E-state index is 12.2. The highest BCUT2D eigenvalue weighted by molar-refractivity contribution is 6.00. The number of hydrogen-bond acceptors (Lipinski definition) is 4. The molecule has 0 aliphatic heterocycles. The molecule has 2 aromatic carbocycles. The Balaban J connectivity index is 1.93. The number of aryl methyl sites for hydroxylation is 1. The van der Waals surface area contributed by atoms with E-state index in [0.29, 0.717) is 23.2 Å². The highest BCUT2D eigenvalue weighted by Gasteiger charge is 2.14. The first kappa shape index (κ1) is 20.4. The molecule has 0 fully saturated rings. The van der Waals surface area contributed by atoms with Gasteiger partial charge in [0.1, 0.15) is 0 Å². The maximum Gasteiger partial charge on any atom is 0.338 e. The van der Waals surface area contributed by atoms with Gasteiger partial charge in [0.15, 0.2) is 12.4 Å². The van der Waals surface area contributed by atoms with Gasteiger partial charge in [-0.3, -0.25) is 9.59 Å². The van der Waals surface area contributed by atoms with Gasteiger partial charge < -0.3 is 10.1 Å². The van der Waals surface area contributed by atoms with E-state index in [1.807, 2.05) is 33.8 Å². The van der Waals surface area contributed by atoms with Crippen LogP contribution in [0.2, 0.25) is 0 Å². The van der Waals surface area contributed by atoms with Gasteiger partial charge in [0.25, 0.3) is 0 Å². The van der Waals surface area contributed by atoms with E-state index in [1.165, 1.54) is 0 Å². The normalized spacial score (nSPS) is 10.6. The third-order valence-corrected chi connectivity index (χ3v) is 4.24. The van der Waals surface area contributed by atoms with Crippen LogP contribution in [0.1, 0.15) is 52.1 Å². The Kier molecular flexibility index (Phi) is 6.88. The Morgan fingerprint density at radius 3 is 2.30 bits per heavy atom. The number of carbonyl (C=O) groups excluding carboxylic acids is 3. The number of carbonyl (C=O) groups is 3. The molecule has 0 aromatic heterocycles. The fourth-order valence-corrected chi connectivity index (χ4v) is 2.59. The lowest BCUT2D eigenvalue weighted by Crippen LogP contribution is -2.16. The largest absolute Gasteiger partial charge is 0.454 e. The molecule has 2 rings (SSSR count). The van der Waals surface area contributed by atoms with Crippen molar-refractivity contribution in [3.8, 4) is 0 Å². The average Bonchev–Trinajstić information content (AvgIpc) is 2.61. The Morgan fingerprint density at radius 2 is 1.67 bits per heavy atom. The molecular weight excluding hydrogens is 342 g/mol. The van der Waals surface area contributed by atoms with Crippen LogP contribution in [0.4, 0.5) is 5.69 Å². The number of ketones is 1. The number of nitrogens with one attached hydrogen (secondary N) is 1. The van der Waals surface area contributed by atoms with Crippen molar-refractivity contribution >= 4 is 23.3 Å². The first-order chi connectivity index (χ1) is 12.8. The lowest BCUT2D eigenvalue weighted by atomic mass is 10.0. The minimum atomic E-state index is -0.512. The van der Waals surface area contributed by atoms with Crippen LogP contribution in [-0.4, -0.2) is 24.3 Å². The SMILES string of the molecule is Cc1cccc(C(=O)OCC(=O)c2ccc(NC(=O)CC(C)C)cc2)c1C. The Bertz CT molecular complexity index is 838. The standard InChI is InChI=1S/C22H25NO4/c1-14(2)12-21(25)23-18-10-8-17(9-11-18)20(24)13-27-22(26)19-7-5-6-15(3)16(19)4/h5-11,14H,12-13H2,1-4H3,(H,23,25). The van der Waals surface area contributed by atoms with Crippen LogP contribution in [0.3, 0.4) is 0 Å². The molecule has 1 N–H and O–H groups in total. The van der Waals surface area contributed by atoms with E-state index in [4.69, 9.17) is 4.74 Å². The van der Waals surface area contributed by atoms with Crippen molar-refractivity contribution in [3.05, 3.63) is 64.7 Å². The first-order valence-electron chi connectivity index (χ1n) is 8.94. The summed E-state index contributed by atoms with van der Waals surface area (Å²) in [5.41, 5.74) is 3.35. The molecule has 0 aliphatic carbocycles. The fourth-order valence-electron chi connectivity index (χ4n) is 2.59. The second-order valence-corrected chi connectivity index (χ2v) is 6.97. The minimum Gasteiger partial charge on any atom is -0.454 e. The summed E-state index contributed by atoms with van der Waals surface area (Å²) < 4.78 is 5.16. The molecule has 5 heteroatoms. The number of amides is 1. The molecule has 0 aliphatic rings. The predicted octanol–water partition coefficient (Wildman–Crippen LogP) is 4.33. The van der Waals surface area contributed by atoms with Crippen molar-refractivity contribution in [1.82, 2.24) is 0 Å². The van der Waals surface area contributed by atoms with Gasteiger partial charge in [0.2, 0.25) is 5.91 Å². The molecule has 0 unspecified atom stereocenters. The Hall–Kier alpha value is -2.95. The topological polar surface area (TPSA) is 72.5 Å². The summed E-state index contributed by atoms with van der Waals surface area (Å²) in [5.74, 6) is -0.597. The fraction of sp³-hybridized carbons (Fsp3) is 0.318. The quantitative estimate of drug-likeness (QED) is 0.584. The molecule has 5 nitrogen and oxygen atoms in total. The van der Waals surface area contributed by atoms with Crippen LogP contribution in [0.15, 0.2) is 42.5 Å². The molecule has 0 atom stereocenters. The van der Waals surface area contributed by atoms with Crippen LogP contribution in [0.5, 0.6) is 0 Å². The molecule has 0 saturated heterocycles. The Morgan fingerprint density at radius 1 is 1.00 bits per heavy atom. The highest BCUT2D eigenvalue weighted by atomic mass is 16.5. The molecule has 0 radical (unpaired) electrons. The average molecular weight is 367 g/mol. The van der Waals surface area contributed by atoms with Gasteiger partial charge in [0, 0.05) is 17.7 Å². The number of Topliss-reactive ketones (excluding diaryl/α,β-unsaturated/α-hetero) is 1. The molecule has 0 spiro atoms. The van der Waals surface area contributed by atoms with Crippen LogP contribution in [0, 0.1) is 19.8 Å². The third kappa shape index (κ3) is 5.78. The van der Waals surface area contributed by atoms with Gasteiger partial charge in [-0.05, 0) is 61.2 Å². The molecule has 2 aromatic rings. The summed E-state index contributed by atoms with van der Waals surface area (Å²) in [4.78, 5) is 36.2. The molecule has 1 amide bonds. The lowest BCUT2D eigenvalue weighted by molar-refractivity contribution is -0.116. The second-order valence-electron chi connectivity index (χ2n) is 6.97. The van der Waals surface area contributed by atoms with Gasteiger partial charge in [-0.1, -0.05) is 26.0 Å². The zero-order chi connectivity index (χ0) is 20.0. The number of benzene rings is 2. The van der Waals surface area contributed by atoms with Crippen LogP contribution >= 0.6 is 0 Å². The Labute approximate surface area is 159 Å². The highest BCUT2D eigenvalue weighted by Crippen LogP contribution is 2.15. The second kappa shape index (κ2) is 9.12. The van der Waals surface area contributed by atoms with Gasteiger partial charge in [0.05, 0.1) is 5.56 Å². The smallest absolute Gasteiger partial charge is 0.338 e. The summed E-state index contributed by atoms with van der Waals surface area (Å²) in [7, 11) is 0. The van der Waals surface area contributed by atoms with Crippen molar-refractivity contribution in [1.29, 1.82) is 0 Å². The molecule has 142 valence electrons. The van der Waals surface area contributed by atoms with E-state index in [2.05, 4.69) is 5.32 Å². The predicted molar refractivity (Wildman–Crippen MR) is 105 cm³/mol. The van der Waals surface area contributed by atoms with Crippen molar-refractivity contribution in [2.45, 2.75) is 34.1 Å². The number of anilines is 1. The minimum absolute atomic E-state index is 0.0634. The van der Waals surface area contributed by atoms with Crippen molar-refractivity contribution in [2.75, 3.05) is 11.9 Å². The summed E-state index contributed by atoms with van der Waals surface area (Å²) in [6.45, 7) is 7.38. The van der Waals surface area contributed by atoms with E-state index in [9.17, 15) is 14.4 Å². The van der Waals surface area contributed by atoms with Gasteiger partial charge in [-0.2, -0.15) is 0 Å². The van der Waals surface area contributed by atoms with Crippen LogP contribution in [0.25, 0.3) is 0 Å². The van der Waals surface area contributed by atoms with E-state index in [-0.39, 0.29) is 24.2 Å². The van der Waals surface area contributed by atoms with E-state index < -0.39 is 5.97 Å². The van der Waals surface area contributed by atoms with Crippen molar-refractivity contribution < 1.29 is 19.1 Å². The number of esters is 1. The van der Waals surface area contributed by atoms with Gasteiger partial charge in [-0.15, -0.1) is 0 Å². The van der Waals surface area contributed by atoms with Crippen LogP contribution in [-0.2, 0) is 9.53 Å². The van der Waals surface area contributed by atoms with Gasteiger partial charge in [-0.25, -0.2) is 4.79 Å². The lowest BCUT2D eigenvalue weighted by Gasteiger charge is -2.09. The zero-order valence-electron chi connectivity index (χ0n) is 16.2. The summed E-state index contributed by atoms with van der Waals surface area (Å²) in [6.07, 6.45) is 0.439. The van der Waals surface area contributed by atoms with E-state index >= 15 is 0 Å². The molecule has 0 bridgehead atoms.